The molecule has 0 fully saturated rings. The molecule has 0 saturated heterocycles. The number of rotatable bonds is 3. The molecule has 0 spiro atoms. The maximum atomic E-state index is 13.3. The van der Waals surface area contributed by atoms with Gasteiger partial charge >= 0.3 is 0 Å². The minimum atomic E-state index is -1.11. The lowest BCUT2D eigenvalue weighted by Crippen LogP contribution is -2.19. The monoisotopic (exact) mass is 324 g/mol. The fraction of sp³-hybridized carbons (Fsp3) is 0.0667. The quantitative estimate of drug-likeness (QED) is 0.670. The summed E-state index contributed by atoms with van der Waals surface area (Å²) in [5, 5.41) is 13.7. The first-order valence-electron chi connectivity index (χ1n) is 6.17. The van der Waals surface area contributed by atoms with Gasteiger partial charge in [-0.05, 0) is 31.2 Å². The molecule has 0 aliphatic heterocycles. The van der Waals surface area contributed by atoms with Crippen molar-refractivity contribution in [3.8, 4) is 5.75 Å². The molecule has 4 nitrogen and oxygen atoms in total. The van der Waals surface area contributed by atoms with Crippen molar-refractivity contribution >= 4 is 23.2 Å². The standard InChI is InChI=1S/C15H11ClF2N2O2/c1-8(12-6-11(17)7-13(18)14(12)21)19-20-15(22)9-3-2-4-10(16)5-9/h2-7,21H,1H3,(H,20,22)/b19-8+. The van der Waals surface area contributed by atoms with Crippen molar-refractivity contribution in [3.63, 3.8) is 0 Å². The summed E-state index contributed by atoms with van der Waals surface area (Å²) in [6, 6.07) is 7.66. The van der Waals surface area contributed by atoms with Crippen LogP contribution in [0.15, 0.2) is 41.5 Å². The molecule has 114 valence electrons. The van der Waals surface area contributed by atoms with Crippen LogP contribution in [0.3, 0.4) is 0 Å². The van der Waals surface area contributed by atoms with Crippen LogP contribution in [0, 0.1) is 11.6 Å². The van der Waals surface area contributed by atoms with Crippen LogP contribution < -0.4 is 5.43 Å². The van der Waals surface area contributed by atoms with Gasteiger partial charge in [-0.25, -0.2) is 14.2 Å². The highest BCUT2D eigenvalue weighted by Crippen LogP contribution is 2.23. The molecule has 2 aromatic rings. The number of halogens is 3. The number of hydrogen-bond acceptors (Lipinski definition) is 3. The second-order valence-corrected chi connectivity index (χ2v) is 4.87. The molecular formula is C15H11ClF2N2O2. The normalized spacial score (nSPS) is 11.4. The second kappa shape index (κ2) is 6.53. The molecule has 0 heterocycles. The molecule has 2 N–H and O–H groups in total. The summed E-state index contributed by atoms with van der Waals surface area (Å²) in [5.41, 5.74) is 2.40. The van der Waals surface area contributed by atoms with Gasteiger partial charge in [-0.1, -0.05) is 17.7 Å². The second-order valence-electron chi connectivity index (χ2n) is 4.43. The average Bonchev–Trinajstić information content (AvgIpc) is 2.48. The number of aromatic hydroxyl groups is 1. The molecule has 0 unspecified atom stereocenters. The van der Waals surface area contributed by atoms with Crippen LogP contribution in [0.1, 0.15) is 22.8 Å². The van der Waals surface area contributed by atoms with E-state index in [9.17, 15) is 18.7 Å². The molecule has 2 aromatic carbocycles. The van der Waals surface area contributed by atoms with Gasteiger partial charge in [0.25, 0.3) is 5.91 Å². The van der Waals surface area contributed by atoms with Crippen LogP contribution in [-0.4, -0.2) is 16.7 Å². The Hall–Kier alpha value is -2.47. The number of carbonyl (C=O) groups is 1. The summed E-state index contributed by atoms with van der Waals surface area (Å²) >= 11 is 5.77. The molecule has 1 amide bonds. The number of phenolic OH excluding ortho intramolecular Hbond substituents is 1. The fourth-order valence-corrected chi connectivity index (χ4v) is 1.92. The zero-order chi connectivity index (χ0) is 16.3. The SMILES string of the molecule is C/C(=N\NC(=O)c1cccc(Cl)c1)c1cc(F)cc(F)c1O. The topological polar surface area (TPSA) is 61.7 Å². The third kappa shape index (κ3) is 3.59. The van der Waals surface area contributed by atoms with Crippen LogP contribution in [0.5, 0.6) is 5.75 Å². The van der Waals surface area contributed by atoms with Gasteiger partial charge in [0.05, 0.1) is 5.71 Å². The van der Waals surface area contributed by atoms with E-state index < -0.39 is 23.3 Å². The van der Waals surface area contributed by atoms with E-state index in [1.54, 1.807) is 12.1 Å². The van der Waals surface area contributed by atoms with E-state index in [0.29, 0.717) is 11.1 Å². The Bertz CT molecular complexity index is 763. The number of nitrogens with zero attached hydrogens (tertiary/aromatic N) is 1. The molecule has 0 aromatic heterocycles. The van der Waals surface area contributed by atoms with Crippen molar-refractivity contribution in [2.75, 3.05) is 0 Å². The highest BCUT2D eigenvalue weighted by atomic mass is 35.5. The van der Waals surface area contributed by atoms with Crippen LogP contribution in [0.25, 0.3) is 0 Å². The van der Waals surface area contributed by atoms with Gasteiger partial charge in [0.2, 0.25) is 0 Å². The van der Waals surface area contributed by atoms with E-state index in [-0.39, 0.29) is 16.8 Å². The summed E-state index contributed by atoms with van der Waals surface area (Å²) < 4.78 is 26.4. The lowest BCUT2D eigenvalue weighted by molar-refractivity contribution is 0.0955. The number of carbonyl (C=O) groups excluding carboxylic acids is 1. The Morgan fingerprint density at radius 2 is 2.00 bits per heavy atom. The molecule has 7 heteroatoms. The van der Waals surface area contributed by atoms with Crippen LogP contribution in [0.4, 0.5) is 8.78 Å². The number of nitrogens with one attached hydrogen (secondary N) is 1. The summed E-state index contributed by atoms with van der Waals surface area (Å²) in [4.78, 5) is 11.9. The Kier molecular flexibility index (Phi) is 4.72. The zero-order valence-electron chi connectivity index (χ0n) is 11.4. The fourth-order valence-electron chi connectivity index (χ4n) is 1.73. The van der Waals surface area contributed by atoms with Crippen molar-refractivity contribution in [3.05, 3.63) is 64.2 Å². The number of phenols is 1. The number of benzene rings is 2. The highest BCUT2D eigenvalue weighted by molar-refractivity contribution is 6.30. The van der Waals surface area contributed by atoms with Gasteiger partial charge in [-0.3, -0.25) is 4.79 Å². The molecule has 0 aliphatic carbocycles. The summed E-state index contributed by atoms with van der Waals surface area (Å²) in [6.07, 6.45) is 0. The highest BCUT2D eigenvalue weighted by Gasteiger charge is 2.13. The first-order chi connectivity index (χ1) is 10.4. The molecule has 0 bridgehead atoms. The molecule has 0 atom stereocenters. The number of hydrogen-bond donors (Lipinski definition) is 2. The van der Waals surface area contributed by atoms with E-state index in [0.717, 1.165) is 6.07 Å². The smallest absolute Gasteiger partial charge is 0.271 e. The lowest BCUT2D eigenvalue weighted by Gasteiger charge is -2.06. The predicted octanol–water partition coefficient (Wildman–Crippen LogP) is 3.48. The largest absolute Gasteiger partial charge is 0.504 e. The van der Waals surface area contributed by atoms with Crippen molar-refractivity contribution in [1.29, 1.82) is 0 Å². The Labute approximate surface area is 130 Å². The average molecular weight is 325 g/mol. The van der Waals surface area contributed by atoms with E-state index in [1.807, 2.05) is 0 Å². The maximum Gasteiger partial charge on any atom is 0.271 e. The van der Waals surface area contributed by atoms with Crippen LogP contribution in [0.2, 0.25) is 5.02 Å². The van der Waals surface area contributed by atoms with Gasteiger partial charge in [0, 0.05) is 22.2 Å². The van der Waals surface area contributed by atoms with Gasteiger partial charge in [0.1, 0.15) is 5.82 Å². The van der Waals surface area contributed by atoms with Crippen LogP contribution in [-0.2, 0) is 0 Å². The van der Waals surface area contributed by atoms with Crippen molar-refractivity contribution in [2.45, 2.75) is 6.92 Å². The van der Waals surface area contributed by atoms with E-state index in [2.05, 4.69) is 10.5 Å². The van der Waals surface area contributed by atoms with E-state index >= 15 is 0 Å². The van der Waals surface area contributed by atoms with Gasteiger partial charge in [0.15, 0.2) is 11.6 Å². The zero-order valence-corrected chi connectivity index (χ0v) is 12.2. The summed E-state index contributed by atoms with van der Waals surface area (Å²) in [5.74, 6) is -3.25. The number of amides is 1. The minimum Gasteiger partial charge on any atom is -0.504 e. The molecule has 0 saturated carbocycles. The minimum absolute atomic E-state index is 0.0475. The van der Waals surface area contributed by atoms with Gasteiger partial charge in [-0.2, -0.15) is 5.10 Å². The third-order valence-corrected chi connectivity index (χ3v) is 3.07. The lowest BCUT2D eigenvalue weighted by atomic mass is 10.1. The molecule has 0 aliphatic rings. The predicted molar refractivity (Wildman–Crippen MR) is 79.2 cm³/mol. The van der Waals surface area contributed by atoms with Gasteiger partial charge < -0.3 is 5.11 Å². The summed E-state index contributed by atoms with van der Waals surface area (Å²) in [7, 11) is 0. The van der Waals surface area contributed by atoms with Gasteiger partial charge in [-0.15, -0.1) is 0 Å². The van der Waals surface area contributed by atoms with Crippen LogP contribution >= 0.6 is 11.6 Å². The first kappa shape index (κ1) is 15.9. The van der Waals surface area contributed by atoms with E-state index in [1.165, 1.54) is 19.1 Å². The molecule has 22 heavy (non-hydrogen) atoms. The van der Waals surface area contributed by atoms with Crippen molar-refractivity contribution in [2.24, 2.45) is 5.10 Å². The van der Waals surface area contributed by atoms with Crippen molar-refractivity contribution < 1.29 is 18.7 Å². The Balaban J connectivity index is 2.22. The summed E-state index contributed by atoms with van der Waals surface area (Å²) in [6.45, 7) is 1.40. The number of hydrazone groups is 1. The molecular weight excluding hydrogens is 314 g/mol. The Morgan fingerprint density at radius 3 is 2.68 bits per heavy atom. The molecule has 0 radical (unpaired) electrons. The maximum absolute atomic E-state index is 13.3. The Morgan fingerprint density at radius 1 is 1.27 bits per heavy atom. The van der Waals surface area contributed by atoms with Crippen molar-refractivity contribution in [1.82, 2.24) is 5.43 Å². The first-order valence-corrected chi connectivity index (χ1v) is 6.55. The third-order valence-electron chi connectivity index (χ3n) is 2.83. The van der Waals surface area contributed by atoms with E-state index in [4.69, 9.17) is 11.6 Å². The molecule has 2 rings (SSSR count).